The number of carbonyl (C=O) groups is 2. The molecule has 188 valence electrons. The number of para-hydroxylation sites is 1. The lowest BCUT2D eigenvalue weighted by Crippen LogP contribution is -2.40. The summed E-state index contributed by atoms with van der Waals surface area (Å²) in [7, 11) is 1.55. The molecule has 0 spiro atoms. The first kappa shape index (κ1) is 25.6. The molecule has 0 bridgehead atoms. The largest absolute Gasteiger partial charge is 0.495 e. The minimum Gasteiger partial charge on any atom is -0.495 e. The summed E-state index contributed by atoms with van der Waals surface area (Å²) in [5.74, 6) is 1.14. The Balaban J connectivity index is 1.55. The standard InChI is InChI=1S/C25H27IN6O4/c1-3-27-23(33)17-6-4-5-7-19(17)29-22-18(26)15-28-25(31-22)30-20-9-8-16(14-21(20)35-2)24(34)32-10-12-36-13-11-32/h4-9,14-15H,3,10-13H2,1-2H3,(H,27,33)(H2,28,29,30,31). The number of halogens is 1. The molecule has 0 aliphatic carbocycles. The van der Waals surface area contributed by atoms with E-state index in [4.69, 9.17) is 9.47 Å². The van der Waals surface area contributed by atoms with Gasteiger partial charge >= 0.3 is 0 Å². The second-order valence-corrected chi connectivity index (χ2v) is 9.03. The highest BCUT2D eigenvalue weighted by atomic mass is 127. The van der Waals surface area contributed by atoms with Gasteiger partial charge in [-0.05, 0) is 59.8 Å². The normalized spacial score (nSPS) is 13.1. The zero-order valence-electron chi connectivity index (χ0n) is 20.0. The number of carbonyl (C=O) groups excluding carboxylic acids is 2. The summed E-state index contributed by atoms with van der Waals surface area (Å²) < 4.78 is 11.6. The van der Waals surface area contributed by atoms with Gasteiger partial charge in [-0.3, -0.25) is 9.59 Å². The Kier molecular flexibility index (Phi) is 8.54. The Morgan fingerprint density at radius 3 is 2.64 bits per heavy atom. The van der Waals surface area contributed by atoms with Crippen LogP contribution in [0.1, 0.15) is 27.6 Å². The van der Waals surface area contributed by atoms with Crippen molar-refractivity contribution >= 4 is 57.5 Å². The summed E-state index contributed by atoms with van der Waals surface area (Å²) in [5, 5.41) is 9.23. The number of nitrogens with one attached hydrogen (secondary N) is 3. The number of aromatic nitrogens is 2. The molecule has 36 heavy (non-hydrogen) atoms. The average molecular weight is 602 g/mol. The fourth-order valence-electron chi connectivity index (χ4n) is 3.69. The first-order chi connectivity index (χ1) is 17.5. The molecule has 3 N–H and O–H groups in total. The molecule has 0 unspecified atom stereocenters. The lowest BCUT2D eigenvalue weighted by molar-refractivity contribution is 0.0302. The topological polar surface area (TPSA) is 118 Å². The third-order valence-electron chi connectivity index (χ3n) is 5.50. The van der Waals surface area contributed by atoms with Crippen LogP contribution in [0.5, 0.6) is 5.75 Å². The lowest BCUT2D eigenvalue weighted by Gasteiger charge is -2.27. The van der Waals surface area contributed by atoms with Gasteiger partial charge in [-0.25, -0.2) is 4.98 Å². The Hall–Kier alpha value is -3.45. The molecule has 11 heteroatoms. The van der Waals surface area contributed by atoms with Crippen molar-refractivity contribution in [2.75, 3.05) is 50.6 Å². The van der Waals surface area contributed by atoms with Gasteiger partial charge < -0.3 is 30.3 Å². The van der Waals surface area contributed by atoms with E-state index in [1.54, 1.807) is 42.5 Å². The second-order valence-electron chi connectivity index (χ2n) is 7.86. The number of nitrogens with zero attached hydrogens (tertiary/aromatic N) is 3. The van der Waals surface area contributed by atoms with E-state index in [2.05, 4.69) is 48.5 Å². The summed E-state index contributed by atoms with van der Waals surface area (Å²) in [5.41, 5.74) is 2.30. The molecular weight excluding hydrogens is 575 g/mol. The number of benzene rings is 2. The van der Waals surface area contributed by atoms with Crippen molar-refractivity contribution in [3.8, 4) is 5.75 Å². The van der Waals surface area contributed by atoms with Crippen molar-refractivity contribution in [1.29, 1.82) is 0 Å². The molecular formula is C25H27IN6O4. The minimum absolute atomic E-state index is 0.0640. The number of hydrogen-bond donors (Lipinski definition) is 3. The molecule has 0 atom stereocenters. The van der Waals surface area contributed by atoms with Gasteiger partial charge in [0.05, 0.1) is 40.8 Å². The van der Waals surface area contributed by atoms with Crippen molar-refractivity contribution in [2.24, 2.45) is 0 Å². The van der Waals surface area contributed by atoms with Crippen LogP contribution in [0.3, 0.4) is 0 Å². The zero-order chi connectivity index (χ0) is 25.5. The Labute approximate surface area is 222 Å². The van der Waals surface area contributed by atoms with Crippen LogP contribution in [0.4, 0.5) is 23.1 Å². The maximum Gasteiger partial charge on any atom is 0.254 e. The van der Waals surface area contributed by atoms with Gasteiger partial charge in [-0.1, -0.05) is 12.1 Å². The van der Waals surface area contributed by atoms with E-state index in [9.17, 15) is 9.59 Å². The van der Waals surface area contributed by atoms with Gasteiger partial charge in [-0.15, -0.1) is 0 Å². The molecule has 1 saturated heterocycles. The molecule has 0 radical (unpaired) electrons. The molecule has 1 aliphatic rings. The molecule has 1 aromatic heterocycles. The van der Waals surface area contributed by atoms with Crippen molar-refractivity contribution in [3.63, 3.8) is 0 Å². The molecule has 10 nitrogen and oxygen atoms in total. The number of morpholine rings is 1. The van der Waals surface area contributed by atoms with Gasteiger partial charge in [0, 0.05) is 31.4 Å². The summed E-state index contributed by atoms with van der Waals surface area (Å²) in [6, 6.07) is 12.5. The molecule has 0 saturated carbocycles. The summed E-state index contributed by atoms with van der Waals surface area (Å²) in [6.45, 7) is 4.62. The highest BCUT2D eigenvalue weighted by Crippen LogP contribution is 2.30. The van der Waals surface area contributed by atoms with E-state index in [1.165, 1.54) is 0 Å². The van der Waals surface area contributed by atoms with Crippen molar-refractivity contribution < 1.29 is 19.1 Å². The first-order valence-electron chi connectivity index (χ1n) is 11.5. The van der Waals surface area contributed by atoms with Crippen LogP contribution in [-0.2, 0) is 4.74 Å². The molecule has 2 aromatic carbocycles. The summed E-state index contributed by atoms with van der Waals surface area (Å²) in [6.07, 6.45) is 1.68. The van der Waals surface area contributed by atoms with Gasteiger partial charge in [0.2, 0.25) is 5.95 Å². The Bertz CT molecular complexity index is 1250. The van der Waals surface area contributed by atoms with E-state index in [-0.39, 0.29) is 11.8 Å². The van der Waals surface area contributed by atoms with Gasteiger partial charge in [0.25, 0.3) is 11.8 Å². The fraction of sp³-hybridized carbons (Fsp3) is 0.280. The van der Waals surface area contributed by atoms with Crippen LogP contribution in [-0.4, -0.2) is 66.6 Å². The van der Waals surface area contributed by atoms with E-state index >= 15 is 0 Å². The van der Waals surface area contributed by atoms with Gasteiger partial charge in [-0.2, -0.15) is 4.98 Å². The van der Waals surface area contributed by atoms with Crippen molar-refractivity contribution in [2.45, 2.75) is 6.92 Å². The van der Waals surface area contributed by atoms with Crippen molar-refractivity contribution in [3.05, 3.63) is 63.4 Å². The van der Waals surface area contributed by atoms with Crippen LogP contribution in [0, 0.1) is 3.57 Å². The molecule has 3 aromatic rings. The quantitative estimate of drug-likeness (QED) is 0.334. The monoisotopic (exact) mass is 602 g/mol. The molecule has 4 rings (SSSR count). The predicted octanol–water partition coefficient (Wildman–Crippen LogP) is 3.80. The number of rotatable bonds is 8. The molecule has 1 fully saturated rings. The van der Waals surface area contributed by atoms with E-state index in [0.29, 0.717) is 72.9 Å². The van der Waals surface area contributed by atoms with Crippen molar-refractivity contribution in [1.82, 2.24) is 20.2 Å². The smallest absolute Gasteiger partial charge is 0.254 e. The maximum absolute atomic E-state index is 12.8. The number of methoxy groups -OCH3 is 1. The van der Waals surface area contributed by atoms with E-state index in [1.807, 2.05) is 25.1 Å². The number of ether oxygens (including phenoxy) is 2. The first-order valence-corrected chi connectivity index (χ1v) is 12.6. The number of amides is 2. The highest BCUT2D eigenvalue weighted by Gasteiger charge is 2.20. The van der Waals surface area contributed by atoms with Gasteiger partial charge in [0.15, 0.2) is 0 Å². The third kappa shape index (κ3) is 6.02. The van der Waals surface area contributed by atoms with Crippen LogP contribution < -0.4 is 20.7 Å². The number of hydrogen-bond acceptors (Lipinski definition) is 8. The Morgan fingerprint density at radius 1 is 1.11 bits per heavy atom. The number of anilines is 4. The fourth-order valence-corrected chi connectivity index (χ4v) is 4.08. The van der Waals surface area contributed by atoms with Crippen LogP contribution in [0.25, 0.3) is 0 Å². The van der Waals surface area contributed by atoms with Gasteiger partial charge in [0.1, 0.15) is 11.6 Å². The predicted molar refractivity (Wildman–Crippen MR) is 145 cm³/mol. The van der Waals surface area contributed by atoms with E-state index < -0.39 is 0 Å². The summed E-state index contributed by atoms with van der Waals surface area (Å²) >= 11 is 2.14. The maximum atomic E-state index is 12.8. The summed E-state index contributed by atoms with van der Waals surface area (Å²) in [4.78, 5) is 36.0. The highest BCUT2D eigenvalue weighted by molar-refractivity contribution is 14.1. The van der Waals surface area contributed by atoms with E-state index in [0.717, 1.165) is 3.57 Å². The average Bonchev–Trinajstić information content (AvgIpc) is 2.91. The second kappa shape index (κ2) is 12.0. The molecule has 2 amide bonds. The molecule has 2 heterocycles. The van der Waals surface area contributed by atoms with Crippen LogP contribution in [0.2, 0.25) is 0 Å². The minimum atomic E-state index is -0.167. The van der Waals surface area contributed by atoms with Crippen LogP contribution in [0.15, 0.2) is 48.7 Å². The zero-order valence-corrected chi connectivity index (χ0v) is 22.2. The Morgan fingerprint density at radius 2 is 1.89 bits per heavy atom. The SMILES string of the molecule is CCNC(=O)c1ccccc1Nc1nc(Nc2ccc(C(=O)N3CCOCC3)cc2OC)ncc1I. The molecule has 1 aliphatic heterocycles. The third-order valence-corrected chi connectivity index (χ3v) is 6.29. The lowest BCUT2D eigenvalue weighted by atomic mass is 10.1. The van der Waals surface area contributed by atoms with Crippen LogP contribution >= 0.6 is 22.6 Å².